The lowest BCUT2D eigenvalue weighted by atomic mass is 9.95. The third-order valence-electron chi connectivity index (χ3n) is 6.18. The molecule has 35 heavy (non-hydrogen) atoms. The molecule has 2 aromatic heterocycles. The van der Waals surface area contributed by atoms with Gasteiger partial charge in [-0.25, -0.2) is 14.4 Å². The fourth-order valence-electron chi connectivity index (χ4n) is 4.24. The molecule has 2 aromatic carbocycles. The number of nitrogens with one attached hydrogen (secondary N) is 1. The molecule has 178 valence electrons. The predicted octanol–water partition coefficient (Wildman–Crippen LogP) is 4.80. The summed E-state index contributed by atoms with van der Waals surface area (Å²) in [7, 11) is 0. The quantitative estimate of drug-likeness (QED) is 0.419. The Labute approximate surface area is 202 Å². The number of rotatable bonds is 6. The van der Waals surface area contributed by atoms with Crippen LogP contribution >= 0.6 is 0 Å². The van der Waals surface area contributed by atoms with Crippen LogP contribution in [0.25, 0.3) is 10.9 Å². The number of ether oxygens (including phenoxy) is 1. The molecule has 0 unspecified atom stereocenters. The highest BCUT2D eigenvalue weighted by molar-refractivity contribution is 5.85. The van der Waals surface area contributed by atoms with E-state index in [4.69, 9.17) is 4.74 Å². The minimum Gasteiger partial charge on any atom is -0.506 e. The van der Waals surface area contributed by atoms with E-state index in [0.717, 1.165) is 42.7 Å². The minimum absolute atomic E-state index is 0.0200. The second kappa shape index (κ2) is 9.97. The number of carbonyl (C=O) groups is 1. The van der Waals surface area contributed by atoms with Gasteiger partial charge < -0.3 is 20.1 Å². The highest BCUT2D eigenvalue weighted by Crippen LogP contribution is 2.28. The summed E-state index contributed by atoms with van der Waals surface area (Å²) in [5, 5.41) is 14.0. The van der Waals surface area contributed by atoms with Crippen molar-refractivity contribution in [2.24, 2.45) is 5.92 Å². The first kappa shape index (κ1) is 22.6. The Morgan fingerprint density at radius 3 is 2.69 bits per heavy atom. The first-order valence-electron chi connectivity index (χ1n) is 11.5. The molecular formula is C27H25FN4O3. The normalized spacial score (nSPS) is 14.1. The number of aromatic hydroxyl groups is 1. The Balaban J connectivity index is 1.14. The van der Waals surface area contributed by atoms with E-state index in [1.165, 1.54) is 24.3 Å². The SMILES string of the molecule is O=C(NCc1ccnc(Oc2ccc(F)cc2)c1)C1CCN(c2ccc3cccc(O)c3n2)CC1. The summed E-state index contributed by atoms with van der Waals surface area (Å²) in [6.45, 7) is 1.80. The number of nitrogens with zero attached hydrogens (tertiary/aromatic N) is 3. The molecule has 0 atom stereocenters. The molecule has 5 rings (SSSR count). The maximum atomic E-state index is 13.1. The molecular weight excluding hydrogens is 447 g/mol. The number of aromatic nitrogens is 2. The number of anilines is 1. The van der Waals surface area contributed by atoms with E-state index < -0.39 is 0 Å². The zero-order valence-electron chi connectivity index (χ0n) is 19.0. The Hall–Kier alpha value is -4.20. The molecule has 3 heterocycles. The molecule has 4 aromatic rings. The van der Waals surface area contributed by atoms with Crippen LogP contribution < -0.4 is 15.0 Å². The Kier molecular flexibility index (Phi) is 6.43. The van der Waals surface area contributed by atoms with Gasteiger partial charge in [-0.3, -0.25) is 4.79 Å². The number of hydrogen-bond donors (Lipinski definition) is 2. The van der Waals surface area contributed by atoms with E-state index in [-0.39, 0.29) is 23.4 Å². The maximum absolute atomic E-state index is 13.1. The van der Waals surface area contributed by atoms with Crippen molar-refractivity contribution in [3.8, 4) is 17.4 Å². The van der Waals surface area contributed by atoms with E-state index in [9.17, 15) is 14.3 Å². The molecule has 1 amide bonds. The van der Waals surface area contributed by atoms with Crippen LogP contribution in [0, 0.1) is 11.7 Å². The van der Waals surface area contributed by atoms with Crippen molar-refractivity contribution >= 4 is 22.6 Å². The molecule has 0 saturated carbocycles. The molecule has 0 radical (unpaired) electrons. The van der Waals surface area contributed by atoms with Crippen LogP contribution in [0.5, 0.6) is 17.4 Å². The molecule has 1 saturated heterocycles. The first-order valence-corrected chi connectivity index (χ1v) is 11.5. The van der Waals surface area contributed by atoms with E-state index in [1.54, 1.807) is 24.4 Å². The zero-order chi connectivity index (χ0) is 24.2. The van der Waals surface area contributed by atoms with Crippen LogP contribution in [-0.2, 0) is 11.3 Å². The fourth-order valence-corrected chi connectivity index (χ4v) is 4.24. The summed E-state index contributed by atoms with van der Waals surface area (Å²) in [5.74, 6) is 1.46. The monoisotopic (exact) mass is 472 g/mol. The van der Waals surface area contributed by atoms with Crippen molar-refractivity contribution in [2.75, 3.05) is 18.0 Å². The summed E-state index contributed by atoms with van der Waals surface area (Å²) in [5.41, 5.74) is 1.45. The molecule has 1 aliphatic heterocycles. The summed E-state index contributed by atoms with van der Waals surface area (Å²) < 4.78 is 18.7. The van der Waals surface area contributed by atoms with E-state index in [2.05, 4.69) is 20.2 Å². The second-order valence-electron chi connectivity index (χ2n) is 8.56. The number of para-hydroxylation sites is 1. The molecule has 0 aliphatic carbocycles. The molecule has 1 fully saturated rings. The smallest absolute Gasteiger partial charge is 0.223 e. The van der Waals surface area contributed by atoms with Gasteiger partial charge in [-0.05, 0) is 66.9 Å². The number of halogens is 1. The van der Waals surface area contributed by atoms with Crippen LogP contribution in [-0.4, -0.2) is 34.1 Å². The number of phenolic OH excluding ortho intramolecular Hbond substituents is 1. The average Bonchev–Trinajstić information content (AvgIpc) is 2.89. The zero-order valence-corrected chi connectivity index (χ0v) is 19.0. The van der Waals surface area contributed by atoms with Crippen LogP contribution in [0.3, 0.4) is 0 Å². The van der Waals surface area contributed by atoms with Crippen LogP contribution in [0.2, 0.25) is 0 Å². The van der Waals surface area contributed by atoms with Crippen LogP contribution in [0.15, 0.2) is 72.9 Å². The highest BCUT2D eigenvalue weighted by Gasteiger charge is 2.25. The molecule has 1 aliphatic rings. The van der Waals surface area contributed by atoms with Gasteiger partial charge in [0.25, 0.3) is 0 Å². The van der Waals surface area contributed by atoms with Gasteiger partial charge in [0.05, 0.1) is 0 Å². The van der Waals surface area contributed by atoms with Gasteiger partial charge >= 0.3 is 0 Å². The van der Waals surface area contributed by atoms with E-state index >= 15 is 0 Å². The van der Waals surface area contributed by atoms with Gasteiger partial charge in [0.2, 0.25) is 11.8 Å². The lowest BCUT2D eigenvalue weighted by molar-refractivity contribution is -0.125. The summed E-state index contributed by atoms with van der Waals surface area (Å²) in [6, 6.07) is 18.6. The van der Waals surface area contributed by atoms with E-state index in [1.807, 2.05) is 24.3 Å². The number of phenols is 1. The third-order valence-corrected chi connectivity index (χ3v) is 6.18. The Morgan fingerprint density at radius 1 is 1.09 bits per heavy atom. The minimum atomic E-state index is -0.333. The van der Waals surface area contributed by atoms with Gasteiger partial charge in [-0.1, -0.05) is 12.1 Å². The number of fused-ring (bicyclic) bond motifs is 1. The lowest BCUT2D eigenvalue weighted by Gasteiger charge is -2.32. The number of amides is 1. The Morgan fingerprint density at radius 2 is 1.89 bits per heavy atom. The van der Waals surface area contributed by atoms with Gasteiger partial charge in [0.1, 0.15) is 28.7 Å². The van der Waals surface area contributed by atoms with Gasteiger partial charge in [-0.2, -0.15) is 0 Å². The largest absolute Gasteiger partial charge is 0.506 e. The second-order valence-corrected chi connectivity index (χ2v) is 8.56. The maximum Gasteiger partial charge on any atom is 0.223 e. The number of piperidine rings is 1. The van der Waals surface area contributed by atoms with Crippen LogP contribution in [0.4, 0.5) is 10.2 Å². The van der Waals surface area contributed by atoms with Gasteiger partial charge in [0.15, 0.2) is 0 Å². The Bertz CT molecular complexity index is 1340. The number of benzene rings is 2. The van der Waals surface area contributed by atoms with Crippen molar-refractivity contribution in [3.63, 3.8) is 0 Å². The molecule has 0 spiro atoms. The number of hydrogen-bond acceptors (Lipinski definition) is 6. The molecule has 8 heteroatoms. The van der Waals surface area contributed by atoms with E-state index in [0.29, 0.717) is 23.7 Å². The van der Waals surface area contributed by atoms with Gasteiger partial charge in [0, 0.05) is 43.2 Å². The number of carbonyl (C=O) groups excluding carboxylic acids is 1. The molecule has 2 N–H and O–H groups in total. The van der Waals surface area contributed by atoms with Crippen LogP contribution in [0.1, 0.15) is 18.4 Å². The highest BCUT2D eigenvalue weighted by atomic mass is 19.1. The fraction of sp³-hybridized carbons (Fsp3) is 0.222. The summed E-state index contributed by atoms with van der Waals surface area (Å²) in [6.07, 6.45) is 3.07. The lowest BCUT2D eigenvalue weighted by Crippen LogP contribution is -2.40. The van der Waals surface area contributed by atoms with Crippen molar-refractivity contribution in [3.05, 3.63) is 84.3 Å². The van der Waals surface area contributed by atoms with Crippen molar-refractivity contribution in [1.82, 2.24) is 15.3 Å². The standard InChI is InChI=1S/C27H25FN4O3/c28-21-5-7-22(8-6-21)35-25-16-18(10-13-29-25)17-30-27(34)20-11-14-32(15-12-20)24-9-4-19-2-1-3-23(33)26(19)31-24/h1-10,13,16,20,33H,11-12,14-15,17H2,(H,30,34). The summed E-state index contributed by atoms with van der Waals surface area (Å²) in [4.78, 5) is 23.7. The molecule has 7 nitrogen and oxygen atoms in total. The topological polar surface area (TPSA) is 87.6 Å². The van der Waals surface area contributed by atoms with Crippen molar-refractivity contribution in [1.29, 1.82) is 0 Å². The van der Waals surface area contributed by atoms with Gasteiger partial charge in [-0.15, -0.1) is 0 Å². The number of pyridine rings is 2. The third kappa shape index (κ3) is 5.32. The van der Waals surface area contributed by atoms with Crippen molar-refractivity contribution in [2.45, 2.75) is 19.4 Å². The van der Waals surface area contributed by atoms with Crippen molar-refractivity contribution < 1.29 is 19.0 Å². The predicted molar refractivity (Wildman–Crippen MR) is 131 cm³/mol. The molecule has 0 bridgehead atoms. The average molecular weight is 473 g/mol. The summed E-state index contributed by atoms with van der Waals surface area (Å²) >= 11 is 0. The first-order chi connectivity index (χ1) is 17.0.